The second kappa shape index (κ2) is 14.3. The van der Waals surface area contributed by atoms with Crippen LogP contribution in [-0.4, -0.2) is 51.9 Å². The zero-order chi connectivity index (χ0) is 27.1. The second-order valence-corrected chi connectivity index (χ2v) is 10.8. The monoisotopic (exact) mass is 550 g/mol. The molecule has 0 saturated carbocycles. The molecule has 210 valence electrons. The summed E-state index contributed by atoms with van der Waals surface area (Å²) in [7, 11) is 0. The molecular formula is C32H43ClN4O2. The first-order chi connectivity index (χ1) is 18.4. The first-order valence-electron chi connectivity index (χ1n) is 14.1. The molecule has 7 heteroatoms. The maximum atomic E-state index is 12.7. The van der Waals surface area contributed by atoms with E-state index in [9.17, 15) is 9.59 Å². The Hall–Kier alpha value is -3.09. The van der Waals surface area contributed by atoms with Crippen molar-refractivity contribution in [3.8, 4) is 0 Å². The van der Waals surface area contributed by atoms with Crippen LogP contribution in [0.1, 0.15) is 75.8 Å². The third-order valence-corrected chi connectivity index (χ3v) is 7.32. The van der Waals surface area contributed by atoms with Crippen LogP contribution in [0.2, 0.25) is 0 Å². The molecule has 0 spiro atoms. The molecule has 5 rings (SSSR count). The summed E-state index contributed by atoms with van der Waals surface area (Å²) < 4.78 is 4.33. The molecule has 1 saturated heterocycles. The number of fused-ring (bicyclic) bond motifs is 2. The summed E-state index contributed by atoms with van der Waals surface area (Å²) >= 11 is 0. The quantitative estimate of drug-likeness (QED) is 0.145. The summed E-state index contributed by atoms with van der Waals surface area (Å²) in [4.78, 5) is 27.4. The smallest absolute Gasteiger partial charge is 0.292 e. The zero-order valence-corrected chi connectivity index (χ0v) is 24.5. The van der Waals surface area contributed by atoms with Gasteiger partial charge < -0.3 is 19.4 Å². The molecule has 2 aromatic carbocycles. The van der Waals surface area contributed by atoms with Gasteiger partial charge in [-0.15, -0.1) is 12.4 Å². The van der Waals surface area contributed by atoms with Crippen molar-refractivity contribution in [2.75, 3.05) is 26.2 Å². The van der Waals surface area contributed by atoms with Crippen molar-refractivity contribution < 1.29 is 9.59 Å². The van der Waals surface area contributed by atoms with Gasteiger partial charge in [0, 0.05) is 47.4 Å². The van der Waals surface area contributed by atoms with E-state index in [0.717, 1.165) is 37.0 Å². The molecule has 0 atom stereocenters. The lowest BCUT2D eigenvalue weighted by molar-refractivity contribution is -0.117. The molecule has 3 heterocycles. The fourth-order valence-corrected chi connectivity index (χ4v) is 5.26. The van der Waals surface area contributed by atoms with E-state index >= 15 is 0 Å². The van der Waals surface area contributed by atoms with Crippen molar-refractivity contribution in [3.63, 3.8) is 0 Å². The highest BCUT2D eigenvalue weighted by atomic mass is 35.5. The summed E-state index contributed by atoms with van der Waals surface area (Å²) in [5, 5.41) is 4.97. The third kappa shape index (κ3) is 7.52. The Morgan fingerprint density at radius 1 is 0.821 bits per heavy atom. The highest BCUT2D eigenvalue weighted by Crippen LogP contribution is 2.25. The minimum Gasteiger partial charge on any atom is -0.349 e. The predicted octanol–water partition coefficient (Wildman–Crippen LogP) is 7.04. The predicted molar refractivity (Wildman–Crippen MR) is 164 cm³/mol. The Bertz CT molecular complexity index is 1370. The minimum absolute atomic E-state index is 0. The SMILES string of the molecule is CC(C)n1cc(C(=O)C(=O)NCCCN2CCCCC2)c2ccccc21.CC(C)n1ccc2ccccc21.Cl. The highest BCUT2D eigenvalue weighted by molar-refractivity contribution is 6.45. The molecule has 1 aliphatic rings. The number of rotatable bonds is 8. The number of para-hydroxylation sites is 2. The zero-order valence-electron chi connectivity index (χ0n) is 23.7. The van der Waals surface area contributed by atoms with Gasteiger partial charge in [-0.3, -0.25) is 9.59 Å². The summed E-state index contributed by atoms with van der Waals surface area (Å²) in [6.07, 6.45) is 8.70. The van der Waals surface area contributed by atoms with Crippen molar-refractivity contribution in [1.82, 2.24) is 19.4 Å². The van der Waals surface area contributed by atoms with Crippen LogP contribution < -0.4 is 5.32 Å². The molecule has 1 aliphatic heterocycles. The van der Waals surface area contributed by atoms with Crippen LogP contribution in [0.5, 0.6) is 0 Å². The van der Waals surface area contributed by atoms with Crippen molar-refractivity contribution in [3.05, 3.63) is 72.6 Å². The van der Waals surface area contributed by atoms with Gasteiger partial charge in [-0.25, -0.2) is 0 Å². The van der Waals surface area contributed by atoms with Gasteiger partial charge >= 0.3 is 0 Å². The largest absolute Gasteiger partial charge is 0.349 e. The van der Waals surface area contributed by atoms with Gasteiger partial charge in [0.2, 0.25) is 0 Å². The number of benzene rings is 2. The first kappa shape index (κ1) is 30.5. The van der Waals surface area contributed by atoms with Crippen molar-refractivity contribution in [2.24, 2.45) is 0 Å². The molecule has 1 N–H and O–H groups in total. The van der Waals surface area contributed by atoms with Crippen LogP contribution in [0.4, 0.5) is 0 Å². The molecule has 0 unspecified atom stereocenters. The van der Waals surface area contributed by atoms with Crippen LogP contribution >= 0.6 is 12.4 Å². The number of likely N-dealkylation sites (tertiary alicyclic amines) is 1. The molecule has 6 nitrogen and oxygen atoms in total. The van der Waals surface area contributed by atoms with Gasteiger partial charge in [0.15, 0.2) is 0 Å². The van der Waals surface area contributed by atoms with Gasteiger partial charge in [-0.1, -0.05) is 42.8 Å². The van der Waals surface area contributed by atoms with Gasteiger partial charge in [-0.05, 0) is 90.2 Å². The van der Waals surface area contributed by atoms with E-state index in [1.807, 2.05) is 35.0 Å². The lowest BCUT2D eigenvalue weighted by atomic mass is 10.1. The van der Waals surface area contributed by atoms with Crippen molar-refractivity contribution in [1.29, 1.82) is 0 Å². The molecular weight excluding hydrogens is 508 g/mol. The van der Waals surface area contributed by atoms with Crippen LogP contribution in [-0.2, 0) is 4.79 Å². The van der Waals surface area contributed by atoms with Crippen molar-refractivity contribution in [2.45, 2.75) is 65.5 Å². The average molecular weight is 551 g/mol. The summed E-state index contributed by atoms with van der Waals surface area (Å²) in [5.74, 6) is -0.950. The summed E-state index contributed by atoms with van der Waals surface area (Å²) in [6, 6.07) is 19.2. The van der Waals surface area contributed by atoms with E-state index in [-0.39, 0.29) is 18.4 Å². The normalized spacial score (nSPS) is 13.8. The molecule has 0 bridgehead atoms. The average Bonchev–Trinajstić information content (AvgIpc) is 3.54. The van der Waals surface area contributed by atoms with E-state index in [0.29, 0.717) is 18.2 Å². The van der Waals surface area contributed by atoms with Gasteiger partial charge in [0.25, 0.3) is 11.7 Å². The molecule has 1 amide bonds. The third-order valence-electron chi connectivity index (χ3n) is 7.32. The number of hydrogen-bond acceptors (Lipinski definition) is 3. The number of hydrogen-bond donors (Lipinski definition) is 1. The fraction of sp³-hybridized carbons (Fsp3) is 0.438. The topological polar surface area (TPSA) is 59.3 Å². The van der Waals surface area contributed by atoms with Crippen LogP contribution in [0.25, 0.3) is 21.8 Å². The highest BCUT2D eigenvalue weighted by Gasteiger charge is 2.22. The molecule has 0 radical (unpaired) electrons. The van der Waals surface area contributed by atoms with Crippen LogP contribution in [0.15, 0.2) is 67.0 Å². The maximum Gasteiger partial charge on any atom is 0.292 e. The number of nitrogens with one attached hydrogen (secondary N) is 1. The maximum absolute atomic E-state index is 12.7. The molecule has 1 fully saturated rings. The lowest BCUT2D eigenvalue weighted by Gasteiger charge is -2.26. The minimum atomic E-state index is -0.504. The summed E-state index contributed by atoms with van der Waals surface area (Å²) in [6.45, 7) is 12.4. The van der Waals surface area contributed by atoms with E-state index < -0.39 is 11.7 Å². The van der Waals surface area contributed by atoms with Crippen LogP contribution in [0, 0.1) is 0 Å². The number of aromatic nitrogens is 2. The van der Waals surface area contributed by atoms with Gasteiger partial charge in [0.1, 0.15) is 0 Å². The number of halogens is 1. The Morgan fingerprint density at radius 2 is 1.46 bits per heavy atom. The van der Waals surface area contributed by atoms with Gasteiger partial charge in [0.05, 0.1) is 5.56 Å². The Balaban J connectivity index is 0.000000270. The Kier molecular flexibility index (Phi) is 11.2. The number of ketones is 1. The van der Waals surface area contributed by atoms with E-state index in [1.165, 1.54) is 30.2 Å². The fourth-order valence-electron chi connectivity index (χ4n) is 5.26. The number of carbonyl (C=O) groups is 2. The number of piperidine rings is 1. The van der Waals surface area contributed by atoms with Crippen LogP contribution in [0.3, 0.4) is 0 Å². The molecule has 0 aliphatic carbocycles. The Morgan fingerprint density at radius 3 is 2.15 bits per heavy atom. The number of nitrogens with zero attached hydrogens (tertiary/aromatic N) is 3. The lowest BCUT2D eigenvalue weighted by Crippen LogP contribution is -2.35. The number of amides is 1. The second-order valence-electron chi connectivity index (χ2n) is 10.8. The first-order valence-corrected chi connectivity index (χ1v) is 14.1. The number of Topliss-reactive ketones (excluding diaryl/α,β-unsaturated/α-hetero) is 1. The van der Waals surface area contributed by atoms with E-state index in [1.54, 1.807) is 0 Å². The molecule has 4 aromatic rings. The van der Waals surface area contributed by atoms with Crippen molar-refractivity contribution >= 4 is 45.9 Å². The van der Waals surface area contributed by atoms with E-state index in [2.05, 4.69) is 79.0 Å². The summed E-state index contributed by atoms with van der Waals surface area (Å²) in [5.41, 5.74) is 2.80. The standard InChI is InChI=1S/C21H29N3O2.C11H13N.ClH/c1-16(2)24-15-18(17-9-4-5-10-19(17)24)20(25)21(26)22-11-8-14-23-12-6-3-7-13-23;1-9(2)12-8-7-10-5-3-4-6-11(10)12;/h4-5,9-10,15-16H,3,6-8,11-14H2,1-2H3,(H,22,26);3-9H,1-2H3;1H. The Labute approximate surface area is 238 Å². The molecule has 39 heavy (non-hydrogen) atoms. The number of carbonyl (C=O) groups excluding carboxylic acids is 2. The van der Waals surface area contributed by atoms with E-state index in [4.69, 9.17) is 0 Å². The molecule has 2 aromatic heterocycles. The van der Waals surface area contributed by atoms with Gasteiger partial charge in [-0.2, -0.15) is 0 Å².